The molecular weight excluding hydrogens is 793 g/mol. The summed E-state index contributed by atoms with van der Waals surface area (Å²) in [6.45, 7) is 10.1. The second-order valence-electron chi connectivity index (χ2n) is 16.9. The third kappa shape index (κ3) is 7.69. The van der Waals surface area contributed by atoms with Crippen LogP contribution in [0.3, 0.4) is 0 Å². The molecule has 0 bridgehead atoms. The fraction of sp³-hybridized carbons (Fsp3) is 0.478. The topological polar surface area (TPSA) is 193 Å². The number of benzene rings is 3. The third-order valence-electron chi connectivity index (χ3n) is 13.3. The summed E-state index contributed by atoms with van der Waals surface area (Å²) < 4.78 is 21.6. The summed E-state index contributed by atoms with van der Waals surface area (Å²) in [6.07, 6.45) is 3.67. The highest BCUT2D eigenvalue weighted by Gasteiger charge is 2.43. The summed E-state index contributed by atoms with van der Waals surface area (Å²) in [6, 6.07) is 12.3. The lowest BCUT2D eigenvalue weighted by Crippen LogP contribution is -2.55. The molecule has 4 amide bonds. The number of carbonyl (C=O) groups excluding carboxylic acids is 4. The summed E-state index contributed by atoms with van der Waals surface area (Å²) in [5.41, 5.74) is 6.52. The molecule has 16 heteroatoms. The first-order valence-corrected chi connectivity index (χ1v) is 21.5. The summed E-state index contributed by atoms with van der Waals surface area (Å²) in [5, 5.41) is 7.43. The molecule has 3 aromatic carbocycles. The lowest BCUT2D eigenvalue weighted by molar-refractivity contribution is -0.139. The van der Waals surface area contributed by atoms with Crippen LogP contribution < -0.4 is 15.4 Å². The number of nitrogens with one attached hydrogen (secondary N) is 4. The van der Waals surface area contributed by atoms with E-state index in [0.717, 1.165) is 74.8 Å². The zero-order chi connectivity index (χ0) is 44.0. The summed E-state index contributed by atoms with van der Waals surface area (Å²) in [4.78, 5) is 73.0. The minimum Gasteiger partial charge on any atom is -0.488 e. The normalized spacial score (nSPS) is 21.4. The van der Waals surface area contributed by atoms with Gasteiger partial charge in [-0.25, -0.2) is 19.6 Å². The minimum absolute atomic E-state index is 0.0292. The molecule has 8 rings (SSSR count). The molecule has 4 N–H and O–H groups in total. The maximum absolute atomic E-state index is 14.1. The number of methoxy groups -OCH3 is 3. The van der Waals surface area contributed by atoms with Crippen LogP contribution in [0.15, 0.2) is 48.7 Å². The number of alkyl carbamates (subject to hydrolysis) is 2. The molecule has 2 saturated heterocycles. The number of amides is 4. The average Bonchev–Trinajstić information content (AvgIpc) is 4.11. The Hall–Kier alpha value is -6.16. The van der Waals surface area contributed by atoms with E-state index in [4.69, 9.17) is 28.9 Å². The highest BCUT2D eigenvalue weighted by Crippen LogP contribution is 2.44. The van der Waals surface area contributed by atoms with Crippen LogP contribution >= 0.6 is 0 Å². The van der Waals surface area contributed by atoms with E-state index in [1.165, 1.54) is 21.3 Å². The predicted octanol–water partition coefficient (Wildman–Crippen LogP) is 7.30. The highest BCUT2D eigenvalue weighted by atomic mass is 16.5. The first kappa shape index (κ1) is 42.5. The van der Waals surface area contributed by atoms with Crippen molar-refractivity contribution in [2.24, 2.45) is 5.92 Å². The molecular formula is C46H56N8O8. The molecule has 5 aromatic rings. The number of nitrogens with zero attached hydrogens (tertiary/aromatic N) is 4. The summed E-state index contributed by atoms with van der Waals surface area (Å²) in [5.74, 6) is 1.67. The van der Waals surface area contributed by atoms with Gasteiger partial charge < -0.3 is 49.3 Å². The van der Waals surface area contributed by atoms with Crippen LogP contribution in [0.2, 0.25) is 0 Å². The molecule has 62 heavy (non-hydrogen) atoms. The van der Waals surface area contributed by atoms with Gasteiger partial charge in [-0.15, -0.1) is 0 Å². The Bertz CT molecular complexity index is 2520. The van der Waals surface area contributed by atoms with Crippen molar-refractivity contribution in [2.45, 2.75) is 116 Å². The maximum atomic E-state index is 14.1. The SMILES string of the molecule is CC[C@H](C)C(NC(=O)OC)C(=O)N1[C@@H](C)CC[C@H]1c1nc2ccc3cc4c(cc3c2[nH]1)OCc1cc(-c2cnc([C@@H]3CC[C@H](C)N3C(=O)C(NC(=O)OC)[C@@H](C)OC)[nH]2)ccc1-4. The van der Waals surface area contributed by atoms with Crippen molar-refractivity contribution in [1.29, 1.82) is 0 Å². The Morgan fingerprint density at radius 1 is 0.823 bits per heavy atom. The molecule has 0 saturated carbocycles. The van der Waals surface area contributed by atoms with E-state index in [1.807, 2.05) is 38.7 Å². The van der Waals surface area contributed by atoms with E-state index in [9.17, 15) is 19.2 Å². The van der Waals surface area contributed by atoms with Crippen molar-refractivity contribution in [3.05, 3.63) is 65.9 Å². The van der Waals surface area contributed by atoms with Gasteiger partial charge in [0.2, 0.25) is 11.8 Å². The van der Waals surface area contributed by atoms with Gasteiger partial charge in [-0.05, 0) is 98.7 Å². The lowest BCUT2D eigenvalue weighted by Gasteiger charge is -2.33. The third-order valence-corrected chi connectivity index (χ3v) is 13.3. The molecule has 2 fully saturated rings. The fourth-order valence-corrected chi connectivity index (χ4v) is 9.43. The van der Waals surface area contributed by atoms with E-state index in [2.05, 4.69) is 57.0 Å². The average molecular weight is 849 g/mol. The molecule has 3 aliphatic rings. The molecule has 5 heterocycles. The molecule has 2 unspecified atom stereocenters. The zero-order valence-electron chi connectivity index (χ0n) is 36.5. The van der Waals surface area contributed by atoms with Crippen LogP contribution in [0.25, 0.3) is 44.2 Å². The molecule has 328 valence electrons. The summed E-state index contributed by atoms with van der Waals surface area (Å²) >= 11 is 0. The lowest BCUT2D eigenvalue weighted by atomic mass is 9.92. The van der Waals surface area contributed by atoms with Crippen molar-refractivity contribution in [2.75, 3.05) is 21.3 Å². The Balaban J connectivity index is 1.04. The van der Waals surface area contributed by atoms with Crippen LogP contribution in [0.4, 0.5) is 9.59 Å². The van der Waals surface area contributed by atoms with Gasteiger partial charge in [0.25, 0.3) is 0 Å². The maximum Gasteiger partial charge on any atom is 0.407 e. The van der Waals surface area contributed by atoms with Crippen LogP contribution in [0.5, 0.6) is 5.75 Å². The van der Waals surface area contributed by atoms with E-state index in [-0.39, 0.29) is 41.9 Å². The van der Waals surface area contributed by atoms with Crippen molar-refractivity contribution in [3.8, 4) is 28.1 Å². The van der Waals surface area contributed by atoms with Crippen molar-refractivity contribution in [1.82, 2.24) is 40.4 Å². The van der Waals surface area contributed by atoms with E-state index in [1.54, 1.807) is 18.0 Å². The number of ether oxygens (including phenoxy) is 4. The number of fused-ring (bicyclic) bond motifs is 6. The minimum atomic E-state index is -0.927. The largest absolute Gasteiger partial charge is 0.488 e. The molecule has 0 radical (unpaired) electrons. The molecule has 0 spiro atoms. The van der Waals surface area contributed by atoms with Crippen LogP contribution in [0.1, 0.15) is 96.0 Å². The molecule has 16 nitrogen and oxygen atoms in total. The molecule has 2 aromatic heterocycles. The monoisotopic (exact) mass is 848 g/mol. The van der Waals surface area contributed by atoms with Gasteiger partial charge in [0.15, 0.2) is 0 Å². The van der Waals surface area contributed by atoms with Gasteiger partial charge >= 0.3 is 12.2 Å². The number of hydrogen-bond donors (Lipinski definition) is 4. The first-order valence-electron chi connectivity index (χ1n) is 21.5. The number of carbonyl (C=O) groups is 4. The van der Waals surface area contributed by atoms with Crippen molar-refractivity contribution in [3.63, 3.8) is 0 Å². The first-order chi connectivity index (χ1) is 29.8. The number of H-pyrrole nitrogens is 2. The van der Waals surface area contributed by atoms with Gasteiger partial charge in [0.05, 0.1) is 55.3 Å². The van der Waals surface area contributed by atoms with Gasteiger partial charge in [-0.1, -0.05) is 38.5 Å². The van der Waals surface area contributed by atoms with Crippen LogP contribution in [-0.4, -0.2) is 105 Å². The second-order valence-corrected chi connectivity index (χ2v) is 16.9. The van der Waals surface area contributed by atoms with Gasteiger partial charge in [-0.3, -0.25) is 9.59 Å². The van der Waals surface area contributed by atoms with Crippen molar-refractivity contribution >= 4 is 45.8 Å². The number of likely N-dealkylation sites (tertiary alicyclic amines) is 2. The Morgan fingerprint density at radius 2 is 1.48 bits per heavy atom. The fourth-order valence-electron chi connectivity index (χ4n) is 9.43. The second kappa shape index (κ2) is 17.3. The standard InChI is InChI=1S/C46H56N8O8/c1-9-23(2)38(51-45(57)60-7)43(55)54-25(4)11-17-36(54)42-48-33-15-13-27-19-32-30-14-12-28(18-29(30)22-62-37(32)20-31(27)40(33)50-42)34-21-47-41(49-34)35-16-10-24(3)53(35)44(56)39(26(5)59-6)52-46(58)61-8/h12-15,18-21,23-26,35-36,38-39H,9-11,16-17,22H2,1-8H3,(H,47,49)(H,48,50)(H,51,57)(H,52,58)/t23-,24-,25-,26+,35-,36-,38?,39?/m0/s1. The van der Waals surface area contributed by atoms with E-state index in [0.29, 0.717) is 31.1 Å². The van der Waals surface area contributed by atoms with Gasteiger partial charge in [0.1, 0.15) is 36.1 Å². The Labute approximate surface area is 360 Å². The highest BCUT2D eigenvalue weighted by molar-refractivity contribution is 6.07. The Morgan fingerprint density at radius 3 is 2.15 bits per heavy atom. The quantitative estimate of drug-likeness (QED) is 0.105. The van der Waals surface area contributed by atoms with Gasteiger partial charge in [0, 0.05) is 30.1 Å². The van der Waals surface area contributed by atoms with Crippen LogP contribution in [-0.2, 0) is 30.4 Å². The number of hydrogen-bond acceptors (Lipinski definition) is 10. The molecule has 3 aliphatic heterocycles. The van der Waals surface area contributed by atoms with Crippen LogP contribution in [0, 0.1) is 5.92 Å². The van der Waals surface area contributed by atoms with Crippen molar-refractivity contribution < 1.29 is 38.1 Å². The molecule has 0 aliphatic carbocycles. The van der Waals surface area contributed by atoms with Gasteiger partial charge in [-0.2, -0.15) is 0 Å². The predicted molar refractivity (Wildman–Crippen MR) is 232 cm³/mol. The number of rotatable bonds is 11. The Kier molecular flexibility index (Phi) is 11.9. The smallest absolute Gasteiger partial charge is 0.407 e. The number of imidazole rings is 2. The summed E-state index contributed by atoms with van der Waals surface area (Å²) in [7, 11) is 4.07. The van der Waals surface area contributed by atoms with E-state index < -0.39 is 30.4 Å². The number of aromatic nitrogens is 4. The molecule has 8 atom stereocenters. The van der Waals surface area contributed by atoms with E-state index >= 15 is 0 Å². The zero-order valence-corrected chi connectivity index (χ0v) is 36.5. The number of aromatic amines is 2.